The molecular formula is C23H22N4O5S. The molecule has 1 aromatic heterocycles. The Morgan fingerprint density at radius 3 is 2.61 bits per heavy atom. The number of ether oxygens (including phenoxy) is 3. The minimum Gasteiger partial charge on any atom is -0.454 e. The molecule has 0 radical (unpaired) electrons. The van der Waals surface area contributed by atoms with E-state index in [9.17, 15) is 9.59 Å². The average Bonchev–Trinajstić information content (AvgIpc) is 3.48. The molecule has 10 heteroatoms. The van der Waals surface area contributed by atoms with Crippen LogP contribution in [-0.2, 0) is 16.0 Å². The molecule has 1 saturated heterocycles. The summed E-state index contributed by atoms with van der Waals surface area (Å²) in [5.74, 6) is 0.675. The summed E-state index contributed by atoms with van der Waals surface area (Å²) < 4.78 is 15.9. The SMILES string of the molecule is O=C(Cc1csc(NC(=O)c2ccc3c(c2)OCO3)n1)Nc1ccc(N2CCOCC2)cc1. The van der Waals surface area contributed by atoms with Crippen molar-refractivity contribution in [3.63, 3.8) is 0 Å². The molecular weight excluding hydrogens is 444 g/mol. The first-order valence-electron chi connectivity index (χ1n) is 10.5. The Morgan fingerprint density at radius 1 is 1.00 bits per heavy atom. The zero-order valence-corrected chi connectivity index (χ0v) is 18.5. The van der Waals surface area contributed by atoms with Crippen molar-refractivity contribution < 1.29 is 23.8 Å². The number of carbonyl (C=O) groups excluding carboxylic acids is 2. The van der Waals surface area contributed by atoms with E-state index in [0.29, 0.717) is 27.9 Å². The molecule has 0 bridgehead atoms. The van der Waals surface area contributed by atoms with E-state index in [2.05, 4.69) is 20.5 Å². The van der Waals surface area contributed by atoms with Crippen molar-refractivity contribution in [2.75, 3.05) is 48.6 Å². The van der Waals surface area contributed by atoms with Gasteiger partial charge in [0.15, 0.2) is 16.6 Å². The van der Waals surface area contributed by atoms with Gasteiger partial charge in [0.25, 0.3) is 5.91 Å². The largest absolute Gasteiger partial charge is 0.454 e. The Hall–Kier alpha value is -3.63. The van der Waals surface area contributed by atoms with Crippen molar-refractivity contribution in [3.8, 4) is 11.5 Å². The maximum absolute atomic E-state index is 12.5. The number of hydrogen-bond acceptors (Lipinski definition) is 8. The van der Waals surface area contributed by atoms with E-state index in [1.807, 2.05) is 24.3 Å². The molecule has 0 spiro atoms. The monoisotopic (exact) mass is 466 g/mol. The molecule has 3 aromatic rings. The Labute approximate surface area is 194 Å². The third-order valence-electron chi connectivity index (χ3n) is 5.28. The summed E-state index contributed by atoms with van der Waals surface area (Å²) >= 11 is 1.27. The predicted molar refractivity (Wildman–Crippen MR) is 124 cm³/mol. The van der Waals surface area contributed by atoms with Crippen LogP contribution in [0, 0.1) is 0 Å². The molecule has 170 valence electrons. The number of hydrogen-bond donors (Lipinski definition) is 2. The van der Waals surface area contributed by atoms with Crippen molar-refractivity contribution >= 4 is 39.7 Å². The highest BCUT2D eigenvalue weighted by atomic mass is 32.1. The van der Waals surface area contributed by atoms with Crippen LogP contribution in [0.1, 0.15) is 16.1 Å². The minimum atomic E-state index is -0.306. The van der Waals surface area contributed by atoms with Crippen LogP contribution in [0.2, 0.25) is 0 Å². The zero-order chi connectivity index (χ0) is 22.6. The average molecular weight is 467 g/mol. The molecule has 2 aliphatic rings. The van der Waals surface area contributed by atoms with Crippen LogP contribution in [0.15, 0.2) is 47.8 Å². The van der Waals surface area contributed by atoms with Crippen molar-refractivity contribution in [2.45, 2.75) is 6.42 Å². The van der Waals surface area contributed by atoms with Crippen LogP contribution in [-0.4, -0.2) is 49.9 Å². The number of aromatic nitrogens is 1. The molecule has 1 fully saturated rings. The zero-order valence-electron chi connectivity index (χ0n) is 17.7. The van der Waals surface area contributed by atoms with Gasteiger partial charge in [0.1, 0.15) is 0 Å². The molecule has 0 aliphatic carbocycles. The number of carbonyl (C=O) groups is 2. The number of amides is 2. The van der Waals surface area contributed by atoms with E-state index >= 15 is 0 Å². The molecule has 2 amide bonds. The molecule has 2 aromatic carbocycles. The number of benzene rings is 2. The first-order valence-corrected chi connectivity index (χ1v) is 11.4. The maximum atomic E-state index is 12.5. The highest BCUT2D eigenvalue weighted by Gasteiger charge is 2.17. The third-order valence-corrected chi connectivity index (χ3v) is 6.08. The van der Waals surface area contributed by atoms with Gasteiger partial charge in [-0.2, -0.15) is 0 Å². The lowest BCUT2D eigenvalue weighted by Gasteiger charge is -2.28. The molecule has 5 rings (SSSR count). The normalized spacial score (nSPS) is 14.7. The second kappa shape index (κ2) is 9.47. The van der Waals surface area contributed by atoms with Gasteiger partial charge in [-0.1, -0.05) is 0 Å². The lowest BCUT2D eigenvalue weighted by atomic mass is 10.2. The van der Waals surface area contributed by atoms with Crippen LogP contribution in [0.3, 0.4) is 0 Å². The fourth-order valence-corrected chi connectivity index (χ4v) is 4.30. The van der Waals surface area contributed by atoms with Gasteiger partial charge in [0.05, 0.1) is 25.3 Å². The summed E-state index contributed by atoms with van der Waals surface area (Å²) in [6.45, 7) is 3.33. The number of rotatable bonds is 6. The number of nitrogens with one attached hydrogen (secondary N) is 2. The quantitative estimate of drug-likeness (QED) is 0.575. The summed E-state index contributed by atoms with van der Waals surface area (Å²) in [4.78, 5) is 31.6. The van der Waals surface area contributed by atoms with E-state index in [4.69, 9.17) is 14.2 Å². The van der Waals surface area contributed by atoms with Crippen LogP contribution < -0.4 is 25.0 Å². The Balaban J connectivity index is 1.14. The van der Waals surface area contributed by atoms with Gasteiger partial charge < -0.3 is 24.4 Å². The standard InChI is InChI=1S/C23H22N4O5S/c28-21(24-16-2-4-18(5-3-16)27-7-9-30-10-8-27)12-17-13-33-23(25-17)26-22(29)15-1-6-19-20(11-15)32-14-31-19/h1-6,11,13H,7-10,12,14H2,(H,24,28)(H,25,26,29). The van der Waals surface area contributed by atoms with Gasteiger partial charge in [-0.25, -0.2) is 4.98 Å². The number of morpholine rings is 1. The predicted octanol–water partition coefficient (Wildman–Crippen LogP) is 3.14. The molecule has 9 nitrogen and oxygen atoms in total. The molecule has 33 heavy (non-hydrogen) atoms. The van der Waals surface area contributed by atoms with Gasteiger partial charge in [0, 0.05) is 35.4 Å². The topological polar surface area (TPSA) is 102 Å². The second-order valence-electron chi connectivity index (χ2n) is 7.54. The second-order valence-corrected chi connectivity index (χ2v) is 8.40. The Morgan fingerprint density at radius 2 is 1.79 bits per heavy atom. The van der Waals surface area contributed by atoms with Crippen LogP contribution in [0.5, 0.6) is 11.5 Å². The van der Waals surface area contributed by atoms with Crippen LogP contribution in [0.25, 0.3) is 0 Å². The number of thiazole rings is 1. The lowest BCUT2D eigenvalue weighted by Crippen LogP contribution is -2.36. The van der Waals surface area contributed by atoms with Gasteiger partial charge in [-0.3, -0.25) is 14.9 Å². The van der Waals surface area contributed by atoms with Crippen LogP contribution in [0.4, 0.5) is 16.5 Å². The fraction of sp³-hybridized carbons (Fsp3) is 0.261. The first-order chi connectivity index (χ1) is 16.1. The van der Waals surface area contributed by atoms with E-state index < -0.39 is 0 Å². The van der Waals surface area contributed by atoms with E-state index in [0.717, 1.165) is 37.7 Å². The van der Waals surface area contributed by atoms with Gasteiger partial charge in [0.2, 0.25) is 12.7 Å². The molecule has 2 aliphatic heterocycles. The molecule has 0 atom stereocenters. The highest BCUT2D eigenvalue weighted by Crippen LogP contribution is 2.32. The van der Waals surface area contributed by atoms with Gasteiger partial charge in [-0.05, 0) is 42.5 Å². The summed E-state index contributed by atoms with van der Waals surface area (Å²) in [7, 11) is 0. The van der Waals surface area contributed by atoms with Crippen molar-refractivity contribution in [1.29, 1.82) is 0 Å². The van der Waals surface area contributed by atoms with E-state index in [1.165, 1.54) is 11.3 Å². The Bertz CT molecular complexity index is 1160. The smallest absolute Gasteiger partial charge is 0.257 e. The van der Waals surface area contributed by atoms with Gasteiger partial charge in [-0.15, -0.1) is 11.3 Å². The summed E-state index contributed by atoms with van der Waals surface area (Å²) in [6.07, 6.45) is 0.113. The fourth-order valence-electron chi connectivity index (χ4n) is 3.60. The van der Waals surface area contributed by atoms with Crippen LogP contribution >= 0.6 is 11.3 Å². The maximum Gasteiger partial charge on any atom is 0.257 e. The summed E-state index contributed by atoms with van der Waals surface area (Å²) in [6, 6.07) is 12.8. The molecule has 3 heterocycles. The summed E-state index contributed by atoms with van der Waals surface area (Å²) in [5.41, 5.74) is 2.86. The van der Waals surface area contributed by atoms with Crippen molar-refractivity contribution in [1.82, 2.24) is 4.98 Å². The van der Waals surface area contributed by atoms with Crippen molar-refractivity contribution in [2.24, 2.45) is 0 Å². The van der Waals surface area contributed by atoms with Gasteiger partial charge >= 0.3 is 0 Å². The molecule has 0 saturated carbocycles. The number of anilines is 3. The number of fused-ring (bicyclic) bond motifs is 1. The van der Waals surface area contributed by atoms with Crippen molar-refractivity contribution in [3.05, 3.63) is 59.1 Å². The molecule has 0 unspecified atom stereocenters. The Kier molecular flexibility index (Phi) is 6.09. The minimum absolute atomic E-state index is 0.113. The van der Waals surface area contributed by atoms with E-state index in [-0.39, 0.29) is 25.0 Å². The molecule has 2 N–H and O–H groups in total. The number of nitrogens with zero attached hydrogens (tertiary/aromatic N) is 2. The lowest BCUT2D eigenvalue weighted by molar-refractivity contribution is -0.115. The third kappa shape index (κ3) is 5.07. The first kappa shape index (κ1) is 21.2. The van der Waals surface area contributed by atoms with E-state index in [1.54, 1.807) is 23.6 Å². The highest BCUT2D eigenvalue weighted by molar-refractivity contribution is 7.14. The summed E-state index contributed by atoms with van der Waals surface area (Å²) in [5, 5.41) is 7.83.